The molecule has 2 N–H and O–H groups in total. The summed E-state index contributed by atoms with van der Waals surface area (Å²) in [5.74, 6) is 0.731. The van der Waals surface area contributed by atoms with Crippen molar-refractivity contribution < 1.29 is 4.74 Å². The summed E-state index contributed by atoms with van der Waals surface area (Å²) in [4.78, 5) is 2.34. The highest BCUT2D eigenvalue weighted by molar-refractivity contribution is 5.69. The van der Waals surface area contributed by atoms with Crippen LogP contribution in [-0.4, -0.2) is 26.3 Å². The lowest BCUT2D eigenvalue weighted by Gasteiger charge is -2.30. The summed E-state index contributed by atoms with van der Waals surface area (Å²) in [6.07, 6.45) is 6.80. The number of anilines is 2. The second-order valence-corrected chi connectivity index (χ2v) is 5.75. The standard InChI is InChI=1S/C16H24N2O/c17-15-12-14(13-4-2-1-3-5-13)6-7-16(15)18-8-10-19-11-9-18/h6-7,12-13H,1-5,8-11,17H2. The van der Waals surface area contributed by atoms with Crippen molar-refractivity contribution in [1.29, 1.82) is 0 Å². The van der Waals surface area contributed by atoms with E-state index >= 15 is 0 Å². The summed E-state index contributed by atoms with van der Waals surface area (Å²) < 4.78 is 5.40. The average Bonchev–Trinajstić information content (AvgIpc) is 2.49. The van der Waals surface area contributed by atoms with Crippen LogP contribution >= 0.6 is 0 Å². The van der Waals surface area contributed by atoms with E-state index in [4.69, 9.17) is 10.5 Å². The zero-order valence-corrected chi connectivity index (χ0v) is 11.6. The number of nitrogen functional groups attached to an aromatic ring is 1. The predicted molar refractivity (Wildman–Crippen MR) is 79.7 cm³/mol. The molecule has 0 bridgehead atoms. The Balaban J connectivity index is 1.76. The molecule has 1 saturated heterocycles. The molecule has 3 rings (SSSR count). The van der Waals surface area contributed by atoms with E-state index in [0.29, 0.717) is 0 Å². The number of rotatable bonds is 2. The number of hydrogen-bond acceptors (Lipinski definition) is 3. The maximum Gasteiger partial charge on any atom is 0.0642 e. The van der Waals surface area contributed by atoms with Crippen LogP contribution < -0.4 is 10.6 Å². The predicted octanol–water partition coefficient (Wildman–Crippen LogP) is 3.15. The molecular weight excluding hydrogens is 236 g/mol. The molecule has 0 unspecified atom stereocenters. The van der Waals surface area contributed by atoms with E-state index in [1.165, 1.54) is 43.4 Å². The van der Waals surface area contributed by atoms with Crippen LogP contribution in [0.2, 0.25) is 0 Å². The molecule has 1 saturated carbocycles. The van der Waals surface area contributed by atoms with Crippen molar-refractivity contribution in [2.75, 3.05) is 36.9 Å². The smallest absolute Gasteiger partial charge is 0.0642 e. The average molecular weight is 260 g/mol. The van der Waals surface area contributed by atoms with Gasteiger partial charge in [0.2, 0.25) is 0 Å². The van der Waals surface area contributed by atoms with Crippen LogP contribution in [-0.2, 0) is 4.74 Å². The number of benzene rings is 1. The fourth-order valence-electron chi connectivity index (χ4n) is 3.36. The van der Waals surface area contributed by atoms with Crippen molar-refractivity contribution in [2.24, 2.45) is 0 Å². The molecule has 1 heterocycles. The number of morpholine rings is 1. The molecule has 3 heteroatoms. The largest absolute Gasteiger partial charge is 0.397 e. The Kier molecular flexibility index (Phi) is 3.92. The Hall–Kier alpha value is -1.22. The summed E-state index contributed by atoms with van der Waals surface area (Å²) in [6, 6.07) is 6.71. The summed E-state index contributed by atoms with van der Waals surface area (Å²) in [6.45, 7) is 3.52. The van der Waals surface area contributed by atoms with E-state index in [0.717, 1.165) is 37.9 Å². The lowest BCUT2D eigenvalue weighted by Crippen LogP contribution is -2.36. The minimum absolute atomic E-state index is 0.731. The fourth-order valence-corrected chi connectivity index (χ4v) is 3.36. The molecule has 1 aromatic carbocycles. The van der Waals surface area contributed by atoms with Crippen LogP contribution in [0, 0.1) is 0 Å². The van der Waals surface area contributed by atoms with Gasteiger partial charge in [0.05, 0.1) is 24.6 Å². The summed E-state index contributed by atoms with van der Waals surface area (Å²) in [7, 11) is 0. The second kappa shape index (κ2) is 5.83. The van der Waals surface area contributed by atoms with Crippen molar-refractivity contribution in [3.05, 3.63) is 23.8 Å². The minimum atomic E-state index is 0.731. The molecule has 0 amide bonds. The van der Waals surface area contributed by atoms with E-state index in [-0.39, 0.29) is 0 Å². The van der Waals surface area contributed by atoms with Gasteiger partial charge in [0.25, 0.3) is 0 Å². The highest BCUT2D eigenvalue weighted by Crippen LogP contribution is 2.35. The molecule has 0 aromatic heterocycles. The molecule has 0 spiro atoms. The van der Waals surface area contributed by atoms with Crippen molar-refractivity contribution in [3.8, 4) is 0 Å². The van der Waals surface area contributed by atoms with Gasteiger partial charge in [-0.1, -0.05) is 25.3 Å². The molecule has 0 atom stereocenters. The van der Waals surface area contributed by atoms with Crippen LogP contribution in [0.3, 0.4) is 0 Å². The Labute approximate surface area is 115 Å². The first-order valence-corrected chi connectivity index (χ1v) is 7.57. The van der Waals surface area contributed by atoms with Crippen LogP contribution in [0.1, 0.15) is 43.6 Å². The van der Waals surface area contributed by atoms with Gasteiger partial charge in [0, 0.05) is 13.1 Å². The molecule has 1 aliphatic heterocycles. The third-order valence-electron chi connectivity index (χ3n) is 4.48. The molecular formula is C16H24N2O. The molecule has 2 fully saturated rings. The van der Waals surface area contributed by atoms with Gasteiger partial charge in [-0.15, -0.1) is 0 Å². The number of hydrogen-bond donors (Lipinski definition) is 1. The molecule has 0 radical (unpaired) electrons. The first-order chi connectivity index (χ1) is 9.34. The first-order valence-electron chi connectivity index (χ1n) is 7.57. The third kappa shape index (κ3) is 2.86. The third-order valence-corrected chi connectivity index (χ3v) is 4.48. The van der Waals surface area contributed by atoms with Crippen LogP contribution in [0.25, 0.3) is 0 Å². The maximum atomic E-state index is 6.28. The van der Waals surface area contributed by atoms with Crippen LogP contribution in [0.4, 0.5) is 11.4 Å². The Morgan fingerprint density at radius 1 is 1.05 bits per heavy atom. The minimum Gasteiger partial charge on any atom is -0.397 e. The number of ether oxygens (including phenoxy) is 1. The van der Waals surface area contributed by atoms with Gasteiger partial charge in [0.15, 0.2) is 0 Å². The summed E-state index contributed by atoms with van der Waals surface area (Å²) in [5, 5.41) is 0. The molecule has 3 nitrogen and oxygen atoms in total. The van der Waals surface area contributed by atoms with E-state index in [1.807, 2.05) is 0 Å². The SMILES string of the molecule is Nc1cc(C2CCCCC2)ccc1N1CCOCC1. The normalized spacial score (nSPS) is 21.6. The lowest BCUT2D eigenvalue weighted by atomic mass is 9.84. The highest BCUT2D eigenvalue weighted by atomic mass is 16.5. The van der Waals surface area contributed by atoms with Gasteiger partial charge < -0.3 is 15.4 Å². The Morgan fingerprint density at radius 2 is 1.79 bits per heavy atom. The van der Waals surface area contributed by atoms with Crippen molar-refractivity contribution in [1.82, 2.24) is 0 Å². The van der Waals surface area contributed by atoms with Gasteiger partial charge in [-0.3, -0.25) is 0 Å². The lowest BCUT2D eigenvalue weighted by molar-refractivity contribution is 0.123. The Bertz CT molecular complexity index is 421. The monoisotopic (exact) mass is 260 g/mol. The summed E-state index contributed by atoms with van der Waals surface area (Å²) >= 11 is 0. The fraction of sp³-hybridized carbons (Fsp3) is 0.625. The maximum absolute atomic E-state index is 6.28. The van der Waals surface area contributed by atoms with Crippen LogP contribution in [0.5, 0.6) is 0 Å². The zero-order valence-electron chi connectivity index (χ0n) is 11.6. The van der Waals surface area contributed by atoms with Gasteiger partial charge in [-0.2, -0.15) is 0 Å². The van der Waals surface area contributed by atoms with E-state index in [1.54, 1.807) is 0 Å². The zero-order chi connectivity index (χ0) is 13.1. The topological polar surface area (TPSA) is 38.5 Å². The van der Waals surface area contributed by atoms with Gasteiger partial charge in [-0.05, 0) is 36.5 Å². The quantitative estimate of drug-likeness (QED) is 0.830. The molecule has 2 aliphatic rings. The molecule has 19 heavy (non-hydrogen) atoms. The molecule has 1 aromatic rings. The number of nitrogens with two attached hydrogens (primary N) is 1. The van der Waals surface area contributed by atoms with Crippen molar-refractivity contribution in [3.63, 3.8) is 0 Å². The first kappa shape index (κ1) is 12.8. The molecule has 1 aliphatic carbocycles. The highest BCUT2D eigenvalue weighted by Gasteiger charge is 2.18. The van der Waals surface area contributed by atoms with Gasteiger partial charge in [0.1, 0.15) is 0 Å². The van der Waals surface area contributed by atoms with Crippen molar-refractivity contribution >= 4 is 11.4 Å². The van der Waals surface area contributed by atoms with Gasteiger partial charge in [-0.25, -0.2) is 0 Å². The van der Waals surface area contributed by atoms with Gasteiger partial charge >= 0.3 is 0 Å². The van der Waals surface area contributed by atoms with Crippen molar-refractivity contribution in [2.45, 2.75) is 38.0 Å². The van der Waals surface area contributed by atoms with E-state index < -0.39 is 0 Å². The number of nitrogens with zero attached hydrogens (tertiary/aromatic N) is 1. The molecule has 104 valence electrons. The Morgan fingerprint density at radius 3 is 2.47 bits per heavy atom. The summed E-state index contributed by atoms with van der Waals surface area (Å²) in [5.41, 5.74) is 9.83. The second-order valence-electron chi connectivity index (χ2n) is 5.75. The van der Waals surface area contributed by atoms with Crippen LogP contribution in [0.15, 0.2) is 18.2 Å². The van der Waals surface area contributed by atoms with E-state index in [9.17, 15) is 0 Å². The van der Waals surface area contributed by atoms with E-state index in [2.05, 4.69) is 23.1 Å².